The summed E-state index contributed by atoms with van der Waals surface area (Å²) < 4.78 is 36.2. The predicted octanol–water partition coefficient (Wildman–Crippen LogP) is 1.36. The molecule has 108 valence electrons. The molecular formula is C11H15F3N2O2S. The van der Waals surface area contributed by atoms with Gasteiger partial charge in [-0.2, -0.15) is 13.2 Å². The summed E-state index contributed by atoms with van der Waals surface area (Å²) >= 11 is -0.168. The lowest BCUT2D eigenvalue weighted by atomic mass is 10.0. The Hall–Kier alpha value is -0.920. The fraction of sp³-hybridized carbons (Fsp3) is 0.818. The van der Waals surface area contributed by atoms with Crippen molar-refractivity contribution >= 4 is 23.6 Å². The van der Waals surface area contributed by atoms with Crippen molar-refractivity contribution in [2.75, 3.05) is 12.3 Å². The van der Waals surface area contributed by atoms with Gasteiger partial charge in [-0.15, -0.1) is 0 Å². The Bertz CT molecular complexity index is 385. The summed E-state index contributed by atoms with van der Waals surface area (Å²) in [5.41, 5.74) is -4.31. The van der Waals surface area contributed by atoms with Crippen LogP contribution in [0.1, 0.15) is 19.8 Å². The van der Waals surface area contributed by atoms with Gasteiger partial charge >= 0.3 is 5.51 Å². The smallest absolute Gasteiger partial charge is 0.342 e. The van der Waals surface area contributed by atoms with E-state index in [2.05, 4.69) is 5.32 Å². The Labute approximate surface area is 113 Å². The van der Waals surface area contributed by atoms with Gasteiger partial charge in [0.2, 0.25) is 11.8 Å². The van der Waals surface area contributed by atoms with Crippen molar-refractivity contribution in [3.8, 4) is 0 Å². The number of carbonyl (C=O) groups is 2. The molecule has 2 aliphatic rings. The maximum Gasteiger partial charge on any atom is 0.441 e. The predicted molar refractivity (Wildman–Crippen MR) is 64.3 cm³/mol. The number of hydrogen-bond acceptors (Lipinski definition) is 3. The number of alkyl halides is 3. The van der Waals surface area contributed by atoms with Gasteiger partial charge in [-0.3, -0.25) is 9.59 Å². The molecule has 1 saturated carbocycles. The summed E-state index contributed by atoms with van der Waals surface area (Å²) in [7, 11) is 0. The fourth-order valence-corrected chi connectivity index (χ4v) is 2.68. The van der Waals surface area contributed by atoms with E-state index in [1.165, 1.54) is 11.8 Å². The van der Waals surface area contributed by atoms with Crippen LogP contribution in [0, 0.1) is 5.92 Å². The van der Waals surface area contributed by atoms with Crippen molar-refractivity contribution < 1.29 is 22.8 Å². The van der Waals surface area contributed by atoms with Gasteiger partial charge in [0.1, 0.15) is 12.1 Å². The van der Waals surface area contributed by atoms with Crippen LogP contribution in [0.2, 0.25) is 0 Å². The minimum atomic E-state index is -4.31. The SMILES string of the molecule is CC1C(=O)NC(C2CC2)C(=O)N1CCSC(F)(F)F. The Morgan fingerprint density at radius 2 is 2.00 bits per heavy atom. The van der Waals surface area contributed by atoms with Gasteiger partial charge in [-0.25, -0.2) is 0 Å². The Morgan fingerprint density at radius 1 is 1.37 bits per heavy atom. The largest absolute Gasteiger partial charge is 0.441 e. The van der Waals surface area contributed by atoms with Crippen LogP contribution in [0.25, 0.3) is 0 Å². The molecule has 0 radical (unpaired) electrons. The van der Waals surface area contributed by atoms with Crippen molar-refractivity contribution in [3.63, 3.8) is 0 Å². The molecule has 1 aliphatic heterocycles. The van der Waals surface area contributed by atoms with Gasteiger partial charge in [-0.05, 0) is 37.4 Å². The number of thioether (sulfide) groups is 1. The summed E-state index contributed by atoms with van der Waals surface area (Å²) in [5, 5.41) is 2.66. The van der Waals surface area contributed by atoms with E-state index in [0.29, 0.717) is 0 Å². The monoisotopic (exact) mass is 296 g/mol. The Kier molecular flexibility index (Phi) is 3.98. The number of carbonyl (C=O) groups excluding carboxylic acids is 2. The molecule has 8 heteroatoms. The molecule has 1 N–H and O–H groups in total. The zero-order chi connectivity index (χ0) is 14.2. The van der Waals surface area contributed by atoms with Gasteiger partial charge in [0.05, 0.1) is 0 Å². The molecular weight excluding hydrogens is 281 g/mol. The summed E-state index contributed by atoms with van der Waals surface area (Å²) in [5.74, 6) is -0.628. The number of amides is 2. The highest BCUT2D eigenvalue weighted by atomic mass is 32.2. The highest BCUT2D eigenvalue weighted by molar-refractivity contribution is 8.00. The highest BCUT2D eigenvalue weighted by Crippen LogP contribution is 2.35. The van der Waals surface area contributed by atoms with Gasteiger partial charge in [0.25, 0.3) is 0 Å². The molecule has 0 aromatic carbocycles. The molecule has 0 aromatic rings. The van der Waals surface area contributed by atoms with Crippen LogP contribution in [0.3, 0.4) is 0 Å². The Balaban J connectivity index is 1.95. The zero-order valence-corrected chi connectivity index (χ0v) is 11.2. The summed E-state index contributed by atoms with van der Waals surface area (Å²) in [6, 6.07) is -1.24. The number of piperazine rings is 1. The zero-order valence-electron chi connectivity index (χ0n) is 10.4. The normalized spacial score (nSPS) is 28.5. The van der Waals surface area contributed by atoms with E-state index in [9.17, 15) is 22.8 Å². The van der Waals surface area contributed by atoms with Crippen LogP contribution in [0.4, 0.5) is 13.2 Å². The molecule has 19 heavy (non-hydrogen) atoms. The van der Waals surface area contributed by atoms with Crippen LogP contribution in [-0.4, -0.2) is 46.6 Å². The van der Waals surface area contributed by atoms with E-state index in [-0.39, 0.29) is 41.8 Å². The van der Waals surface area contributed by atoms with Crippen LogP contribution >= 0.6 is 11.8 Å². The maximum atomic E-state index is 12.1. The van der Waals surface area contributed by atoms with E-state index in [4.69, 9.17) is 0 Å². The lowest BCUT2D eigenvalue weighted by molar-refractivity contribution is -0.148. The fourth-order valence-electron chi connectivity index (χ4n) is 2.16. The molecule has 0 aromatic heterocycles. The average Bonchev–Trinajstić information content (AvgIpc) is 3.10. The molecule has 1 heterocycles. The molecule has 4 nitrogen and oxygen atoms in total. The number of rotatable bonds is 4. The molecule has 0 spiro atoms. The number of hydrogen-bond donors (Lipinski definition) is 1. The third-order valence-electron chi connectivity index (χ3n) is 3.39. The van der Waals surface area contributed by atoms with Crippen molar-refractivity contribution in [1.82, 2.24) is 10.2 Å². The Morgan fingerprint density at radius 3 is 2.53 bits per heavy atom. The maximum absolute atomic E-state index is 12.1. The standard InChI is InChI=1S/C11H15F3N2O2S/c1-6-9(17)15-8(7-2-3-7)10(18)16(6)4-5-19-11(12,13)14/h6-8H,2-5H2,1H3,(H,15,17). The van der Waals surface area contributed by atoms with Crippen molar-refractivity contribution in [1.29, 1.82) is 0 Å². The first-order valence-electron chi connectivity index (χ1n) is 6.11. The van der Waals surface area contributed by atoms with Crippen molar-refractivity contribution in [2.24, 2.45) is 5.92 Å². The second-order valence-corrected chi connectivity index (χ2v) is 5.99. The summed E-state index contributed by atoms with van der Waals surface area (Å²) in [6.07, 6.45) is 1.77. The van der Waals surface area contributed by atoms with Crippen LogP contribution < -0.4 is 5.32 Å². The van der Waals surface area contributed by atoms with Gasteiger partial charge in [0.15, 0.2) is 0 Å². The van der Waals surface area contributed by atoms with Gasteiger partial charge in [-0.1, -0.05) is 0 Å². The van der Waals surface area contributed by atoms with E-state index in [1.807, 2.05) is 0 Å². The van der Waals surface area contributed by atoms with Crippen LogP contribution in [0.15, 0.2) is 0 Å². The molecule has 2 amide bonds. The first-order chi connectivity index (χ1) is 8.79. The topological polar surface area (TPSA) is 49.4 Å². The summed E-state index contributed by atoms with van der Waals surface area (Å²) in [6.45, 7) is 1.48. The number of nitrogens with zero attached hydrogens (tertiary/aromatic N) is 1. The first kappa shape index (κ1) is 14.5. The van der Waals surface area contributed by atoms with Crippen molar-refractivity contribution in [2.45, 2.75) is 37.4 Å². The minimum absolute atomic E-state index is 0.0547. The quantitative estimate of drug-likeness (QED) is 0.852. The van der Waals surface area contributed by atoms with Gasteiger partial charge in [0, 0.05) is 12.3 Å². The first-order valence-corrected chi connectivity index (χ1v) is 7.09. The lowest BCUT2D eigenvalue weighted by Crippen LogP contribution is -2.63. The molecule has 2 fully saturated rings. The summed E-state index contributed by atoms with van der Waals surface area (Å²) in [4.78, 5) is 25.1. The second-order valence-electron chi connectivity index (χ2n) is 4.83. The second kappa shape index (κ2) is 5.22. The van der Waals surface area contributed by atoms with E-state index in [1.54, 1.807) is 0 Å². The van der Waals surface area contributed by atoms with Crippen LogP contribution in [0.5, 0.6) is 0 Å². The highest BCUT2D eigenvalue weighted by Gasteiger charge is 2.45. The molecule has 2 rings (SSSR count). The lowest BCUT2D eigenvalue weighted by Gasteiger charge is -2.37. The van der Waals surface area contributed by atoms with Crippen molar-refractivity contribution in [3.05, 3.63) is 0 Å². The van der Waals surface area contributed by atoms with Crippen LogP contribution in [-0.2, 0) is 9.59 Å². The molecule has 1 saturated heterocycles. The molecule has 2 unspecified atom stereocenters. The third kappa shape index (κ3) is 3.55. The van der Waals surface area contributed by atoms with E-state index < -0.39 is 17.6 Å². The molecule has 0 bridgehead atoms. The number of halogens is 3. The molecule has 1 aliphatic carbocycles. The average molecular weight is 296 g/mol. The van der Waals surface area contributed by atoms with E-state index >= 15 is 0 Å². The molecule has 2 atom stereocenters. The van der Waals surface area contributed by atoms with Gasteiger partial charge < -0.3 is 10.2 Å². The third-order valence-corrected chi connectivity index (χ3v) is 4.10. The van der Waals surface area contributed by atoms with E-state index in [0.717, 1.165) is 12.8 Å². The number of nitrogens with one attached hydrogen (secondary N) is 1. The minimum Gasteiger partial charge on any atom is -0.342 e.